The molecule has 0 aromatic heterocycles. The summed E-state index contributed by atoms with van der Waals surface area (Å²) in [6.07, 6.45) is 0.760. The molecule has 0 spiro atoms. The predicted molar refractivity (Wildman–Crippen MR) is 52.9 cm³/mol. The second-order valence-corrected chi connectivity index (χ2v) is 4.79. The molecule has 84 valence electrons. The van der Waals surface area contributed by atoms with Crippen molar-refractivity contribution < 1.29 is 22.3 Å². The van der Waals surface area contributed by atoms with E-state index in [-0.39, 0.29) is 16.2 Å². The van der Waals surface area contributed by atoms with Gasteiger partial charge in [-0.05, 0) is 12.1 Å². The van der Waals surface area contributed by atoms with Crippen LogP contribution in [0.25, 0.3) is 0 Å². The first-order valence-corrected chi connectivity index (χ1v) is 6.09. The number of hydrogen-bond donors (Lipinski definition) is 0. The van der Waals surface area contributed by atoms with Gasteiger partial charge in [0.15, 0.2) is 0 Å². The van der Waals surface area contributed by atoms with Crippen LogP contribution in [0.4, 0.5) is 0 Å². The summed E-state index contributed by atoms with van der Waals surface area (Å²) in [5.74, 6) is -1.54. The van der Waals surface area contributed by atoms with Gasteiger partial charge in [0.2, 0.25) is 0 Å². The van der Waals surface area contributed by atoms with Crippen LogP contribution in [0, 0.1) is 0 Å². The van der Waals surface area contributed by atoms with Crippen molar-refractivity contribution in [3.05, 3.63) is 35.4 Å². The summed E-state index contributed by atoms with van der Waals surface area (Å²) in [5, 5.41) is 0.250. The molecule has 0 radical (unpaired) electrons. The summed E-state index contributed by atoms with van der Waals surface area (Å²) in [6, 6.07) is 6.02. The van der Waals surface area contributed by atoms with Crippen LogP contribution >= 0.6 is 0 Å². The van der Waals surface area contributed by atoms with E-state index in [9.17, 15) is 18.0 Å². The molecule has 0 saturated carbocycles. The van der Waals surface area contributed by atoms with Gasteiger partial charge in [0.05, 0.1) is 17.4 Å². The maximum Gasteiger partial charge on any atom is 0.287 e. The fourth-order valence-electron chi connectivity index (χ4n) is 1.37. The van der Waals surface area contributed by atoms with E-state index in [2.05, 4.69) is 4.28 Å². The molecule has 0 saturated heterocycles. The number of hydrogen-bond acceptors (Lipinski definition) is 5. The largest absolute Gasteiger partial charge is 0.287 e. The summed E-state index contributed by atoms with van der Waals surface area (Å²) in [4.78, 5) is 23.2. The zero-order valence-electron chi connectivity index (χ0n) is 8.21. The summed E-state index contributed by atoms with van der Waals surface area (Å²) in [5.41, 5.74) is 0.271. The molecule has 16 heavy (non-hydrogen) atoms. The Morgan fingerprint density at radius 2 is 1.50 bits per heavy atom. The average Bonchev–Trinajstić information content (AvgIpc) is 2.43. The number of fused-ring (bicyclic) bond motifs is 1. The van der Waals surface area contributed by atoms with Crippen LogP contribution in [0.15, 0.2) is 24.3 Å². The maximum atomic E-state index is 11.6. The zero-order chi connectivity index (χ0) is 11.9. The first kappa shape index (κ1) is 10.8. The number of nitrogens with zero attached hydrogens (tertiary/aromatic N) is 1. The fourth-order valence-corrected chi connectivity index (χ4v) is 1.78. The maximum absolute atomic E-state index is 11.6. The predicted octanol–water partition coefficient (Wildman–Crippen LogP) is 0.174. The van der Waals surface area contributed by atoms with Gasteiger partial charge in [-0.15, -0.1) is 9.35 Å². The first-order valence-electron chi connectivity index (χ1n) is 4.27. The Labute approximate surface area is 91.5 Å². The normalized spacial score (nSPS) is 15.4. The highest BCUT2D eigenvalue weighted by atomic mass is 32.2. The van der Waals surface area contributed by atoms with Crippen molar-refractivity contribution in [1.82, 2.24) is 5.06 Å². The Morgan fingerprint density at radius 3 is 1.88 bits per heavy atom. The van der Waals surface area contributed by atoms with Crippen LogP contribution < -0.4 is 0 Å². The van der Waals surface area contributed by atoms with E-state index in [0.29, 0.717) is 0 Å². The third kappa shape index (κ3) is 1.70. The third-order valence-corrected chi connectivity index (χ3v) is 2.39. The second kappa shape index (κ2) is 3.39. The summed E-state index contributed by atoms with van der Waals surface area (Å²) < 4.78 is 26.0. The van der Waals surface area contributed by atoms with Crippen molar-refractivity contribution in [2.45, 2.75) is 0 Å². The molecule has 0 aliphatic carbocycles. The van der Waals surface area contributed by atoms with E-state index >= 15 is 0 Å². The van der Waals surface area contributed by atoms with Crippen LogP contribution in [0.5, 0.6) is 0 Å². The highest BCUT2D eigenvalue weighted by Crippen LogP contribution is 2.23. The van der Waals surface area contributed by atoms with Gasteiger partial charge in [0.25, 0.3) is 21.9 Å². The summed E-state index contributed by atoms with van der Waals surface area (Å²) >= 11 is 0. The standard InChI is InChI=1S/C9H7NO5S/c1-16(13,14)15-10-8(11)6-4-2-3-5-7(6)9(10)12/h2-5H,1H3. The van der Waals surface area contributed by atoms with Gasteiger partial charge in [-0.1, -0.05) is 12.1 Å². The van der Waals surface area contributed by atoms with Crippen molar-refractivity contribution in [1.29, 1.82) is 0 Å². The second-order valence-electron chi connectivity index (χ2n) is 3.23. The lowest BCUT2D eigenvalue weighted by molar-refractivity contribution is -0.00980. The lowest BCUT2D eigenvalue weighted by Gasteiger charge is -2.09. The minimum absolute atomic E-state index is 0.135. The van der Waals surface area contributed by atoms with Crippen molar-refractivity contribution in [2.75, 3.05) is 6.26 Å². The molecule has 0 atom stereocenters. The highest BCUT2D eigenvalue weighted by Gasteiger charge is 2.38. The lowest BCUT2D eigenvalue weighted by atomic mass is 10.1. The van der Waals surface area contributed by atoms with Gasteiger partial charge < -0.3 is 0 Å². The summed E-state index contributed by atoms with van der Waals surface area (Å²) in [7, 11) is -3.91. The summed E-state index contributed by atoms with van der Waals surface area (Å²) in [6.45, 7) is 0. The number of imide groups is 1. The number of benzene rings is 1. The highest BCUT2D eigenvalue weighted by molar-refractivity contribution is 7.85. The molecule has 1 heterocycles. The topological polar surface area (TPSA) is 80.8 Å². The number of carbonyl (C=O) groups excluding carboxylic acids is 2. The molecular formula is C9H7NO5S. The van der Waals surface area contributed by atoms with Gasteiger partial charge in [0, 0.05) is 0 Å². The molecule has 1 aliphatic heterocycles. The Bertz CT molecular complexity index is 542. The molecule has 0 N–H and O–H groups in total. The van der Waals surface area contributed by atoms with Crippen molar-refractivity contribution >= 4 is 21.9 Å². The van der Waals surface area contributed by atoms with Crippen LogP contribution in [0.2, 0.25) is 0 Å². The SMILES string of the molecule is CS(=O)(=O)ON1C(=O)c2ccccc2C1=O. The molecule has 2 rings (SSSR count). The van der Waals surface area contributed by atoms with E-state index in [1.165, 1.54) is 12.1 Å². The number of amides is 2. The van der Waals surface area contributed by atoms with Crippen molar-refractivity contribution in [3.8, 4) is 0 Å². The van der Waals surface area contributed by atoms with Crippen molar-refractivity contribution in [3.63, 3.8) is 0 Å². The Kier molecular flexibility index (Phi) is 2.28. The van der Waals surface area contributed by atoms with Gasteiger partial charge in [0.1, 0.15) is 0 Å². The van der Waals surface area contributed by atoms with E-state index in [0.717, 1.165) is 6.26 Å². The van der Waals surface area contributed by atoms with Crippen LogP contribution in [0.1, 0.15) is 20.7 Å². The van der Waals surface area contributed by atoms with Crippen LogP contribution in [-0.2, 0) is 14.4 Å². The third-order valence-electron chi connectivity index (χ3n) is 1.97. The molecule has 1 aliphatic rings. The van der Waals surface area contributed by atoms with Crippen molar-refractivity contribution in [2.24, 2.45) is 0 Å². The number of hydroxylamine groups is 2. The van der Waals surface area contributed by atoms with E-state index in [1.807, 2.05) is 0 Å². The molecule has 2 amide bonds. The Morgan fingerprint density at radius 1 is 1.06 bits per heavy atom. The minimum Gasteiger partial charge on any atom is -0.266 e. The van der Waals surface area contributed by atoms with E-state index in [1.54, 1.807) is 12.1 Å². The number of carbonyl (C=O) groups is 2. The molecular weight excluding hydrogens is 234 g/mol. The Hall–Kier alpha value is -1.73. The quantitative estimate of drug-likeness (QED) is 0.689. The minimum atomic E-state index is -3.91. The van der Waals surface area contributed by atoms with Gasteiger partial charge in [-0.2, -0.15) is 8.42 Å². The first-order chi connectivity index (χ1) is 7.40. The molecule has 1 aromatic rings. The van der Waals surface area contributed by atoms with Crippen LogP contribution in [0.3, 0.4) is 0 Å². The molecule has 7 heteroatoms. The van der Waals surface area contributed by atoms with Crippen LogP contribution in [-0.4, -0.2) is 31.6 Å². The monoisotopic (exact) mass is 241 g/mol. The van der Waals surface area contributed by atoms with Gasteiger partial charge in [-0.3, -0.25) is 9.59 Å². The van der Waals surface area contributed by atoms with Gasteiger partial charge in [-0.25, -0.2) is 0 Å². The lowest BCUT2D eigenvalue weighted by Crippen LogP contribution is -2.32. The molecule has 6 nitrogen and oxygen atoms in total. The average molecular weight is 241 g/mol. The van der Waals surface area contributed by atoms with Gasteiger partial charge >= 0.3 is 0 Å². The molecule has 0 bridgehead atoms. The fraction of sp³-hybridized carbons (Fsp3) is 0.111. The van der Waals surface area contributed by atoms with E-state index < -0.39 is 21.9 Å². The molecule has 1 aromatic carbocycles. The molecule has 0 fully saturated rings. The number of rotatable bonds is 2. The zero-order valence-corrected chi connectivity index (χ0v) is 9.02. The molecule has 0 unspecified atom stereocenters. The smallest absolute Gasteiger partial charge is 0.266 e. The van der Waals surface area contributed by atoms with E-state index in [4.69, 9.17) is 0 Å². The Balaban J connectivity index is 2.43.